The number of fused-ring (bicyclic) bond motifs is 2. The largest absolute Gasteiger partial charge is 0.508 e. The lowest BCUT2D eigenvalue weighted by Crippen LogP contribution is -2.65. The monoisotopic (exact) mass is 1110 g/mol. The molecule has 2 fully saturated rings. The molecule has 0 radical (unpaired) electrons. The van der Waals surface area contributed by atoms with Gasteiger partial charge in [0, 0.05) is 49.5 Å². The maximum absolute atomic E-state index is 14.6. The Balaban J connectivity index is 1.53. The number of carbonyl (C=O) groups excluding carboxylic acids is 6. The molecule has 18 heteroatoms. The van der Waals surface area contributed by atoms with Crippen molar-refractivity contribution in [3.05, 3.63) is 77.4 Å². The lowest BCUT2D eigenvalue weighted by Gasteiger charge is -2.47. The van der Waals surface area contributed by atoms with Gasteiger partial charge in [-0.3, -0.25) is 29.0 Å². The fourth-order valence-electron chi connectivity index (χ4n) is 10.8. The highest BCUT2D eigenvalue weighted by Gasteiger charge is 2.49. The Hall–Kier alpha value is -5.24. The zero-order valence-corrected chi connectivity index (χ0v) is 48.7. The molecular weight excluding hydrogens is 1010 g/mol. The number of esters is 1. The molecule has 1 aromatic rings. The highest BCUT2D eigenvalue weighted by Crippen LogP contribution is 2.38. The van der Waals surface area contributed by atoms with Gasteiger partial charge in [0.15, 0.2) is 0 Å². The molecule has 3 aliphatic heterocycles. The molecule has 0 spiro atoms. The second kappa shape index (κ2) is 31.1. The van der Waals surface area contributed by atoms with Gasteiger partial charge in [0.2, 0.25) is 17.7 Å². The molecule has 4 rings (SSSR count). The molecule has 1 aromatic carbocycles. The van der Waals surface area contributed by atoms with Crippen LogP contribution in [0.5, 0.6) is 5.75 Å². The second-order valence-corrected chi connectivity index (χ2v) is 23.4. The van der Waals surface area contributed by atoms with Crippen molar-refractivity contribution >= 4 is 35.4 Å². The van der Waals surface area contributed by atoms with Gasteiger partial charge in [-0.1, -0.05) is 110 Å². The first-order chi connectivity index (χ1) is 37.2. The number of hydrogen-bond donors (Lipinski definition) is 10. The minimum absolute atomic E-state index is 0.00223. The third kappa shape index (κ3) is 18.9. The SMILES string of the molecule is CCC1C[C@H](C)[C@@](O)(C(C)C(O)C(C)CCC(O)C(C)CC/C=C/C=C(\C)[C@@H]2C/C=C/C=C/[C@H](O)C(C)C(O)[C@@H](CCC(C)=O)C(=O)NC(C(C)C)C(=O)NC(Cc3ccc(C)c(O)c3)C(=O)N3CCCC(N3)C(=O)O2)NC1=O. The minimum atomic E-state index is -1.53. The molecule has 10 N–H and O–H groups in total. The Morgan fingerprint density at radius 2 is 1.65 bits per heavy atom. The lowest BCUT2D eigenvalue weighted by atomic mass is 9.72. The molecule has 16 atom stereocenters. The van der Waals surface area contributed by atoms with E-state index in [-0.39, 0.29) is 73.3 Å². The van der Waals surface area contributed by atoms with Gasteiger partial charge in [-0.05, 0) is 119 Å². The van der Waals surface area contributed by atoms with Gasteiger partial charge in [0.25, 0.3) is 5.91 Å². The Kier molecular flexibility index (Phi) is 26.1. The number of rotatable bonds is 19. The van der Waals surface area contributed by atoms with Crippen LogP contribution in [0.3, 0.4) is 0 Å². The first kappa shape index (κ1) is 66.3. The van der Waals surface area contributed by atoms with Crippen molar-refractivity contribution in [1.82, 2.24) is 26.4 Å². The Bertz CT molecular complexity index is 2340. The molecule has 0 aromatic heterocycles. The number of hydrazine groups is 1. The second-order valence-electron chi connectivity index (χ2n) is 23.4. The lowest BCUT2D eigenvalue weighted by molar-refractivity contribution is -0.170. The van der Waals surface area contributed by atoms with Crippen molar-refractivity contribution < 1.29 is 64.1 Å². The van der Waals surface area contributed by atoms with Gasteiger partial charge < -0.3 is 56.1 Å². The van der Waals surface area contributed by atoms with E-state index in [4.69, 9.17) is 4.74 Å². The molecule has 3 heterocycles. The van der Waals surface area contributed by atoms with Gasteiger partial charge in [0.1, 0.15) is 41.5 Å². The number of piperidine rings is 1. The summed E-state index contributed by atoms with van der Waals surface area (Å²) in [4.78, 5) is 81.9. The van der Waals surface area contributed by atoms with Gasteiger partial charge in [0.05, 0.1) is 30.3 Å². The normalized spacial score (nSPS) is 31.1. The van der Waals surface area contributed by atoms with E-state index >= 15 is 0 Å². The van der Waals surface area contributed by atoms with Crippen LogP contribution in [-0.2, 0) is 39.9 Å². The molecule has 79 heavy (non-hydrogen) atoms. The number of nitrogens with zero attached hydrogens (tertiary/aromatic N) is 1. The Morgan fingerprint density at radius 3 is 2.30 bits per heavy atom. The first-order valence-electron chi connectivity index (χ1n) is 28.8. The van der Waals surface area contributed by atoms with Crippen LogP contribution in [0.2, 0.25) is 0 Å². The zero-order valence-electron chi connectivity index (χ0n) is 48.7. The standard InChI is InChI=1S/C61H95N5O13/c1-12-45-32-40(8)61(78,64-56(45)73)43(11)54(71)39(7)26-30-49(68)36(4)20-15-13-16-21-38(6)52-24-18-14-17-23-50(69)42(10)55(72)46(29-27-41(9)67)57(74)63-53(35(2)3)58(75)62-48(33-44-28-25-37(5)51(70)34-44)59(76)66-31-19-22-47(65-66)60(77)79-52/h13-14,16-18,21,23,25,28,34-36,39-40,42-43,45-50,52-55,65,68-72,78H,12,15,19-20,22,24,26-27,29-33H2,1-11H3,(H,62,75)(H,63,74)(H,64,73)/b16-13+,18-14+,23-17+,38-21+/t36?,39?,40-,42?,43?,45?,46+,47?,48?,49?,50-,52-,53?,54?,55?,61+/m0/s1. The van der Waals surface area contributed by atoms with Crippen molar-refractivity contribution in [1.29, 1.82) is 0 Å². The van der Waals surface area contributed by atoms with E-state index in [0.29, 0.717) is 68.1 Å². The third-order valence-corrected chi connectivity index (χ3v) is 16.8. The highest BCUT2D eigenvalue weighted by molar-refractivity contribution is 5.93. The summed E-state index contributed by atoms with van der Waals surface area (Å²) in [6.07, 6.45) is 11.5. The van der Waals surface area contributed by atoms with E-state index in [9.17, 15) is 59.4 Å². The predicted octanol–water partition coefficient (Wildman–Crippen LogP) is 5.70. The molecule has 4 amide bonds. The average molecular weight is 1110 g/mol. The summed E-state index contributed by atoms with van der Waals surface area (Å²) < 4.78 is 6.18. The summed E-state index contributed by atoms with van der Waals surface area (Å²) in [5.74, 6) is -6.92. The Labute approximate surface area is 469 Å². The van der Waals surface area contributed by atoms with Gasteiger partial charge >= 0.3 is 5.97 Å². The fraction of sp³-hybridized carbons (Fsp3) is 0.672. The van der Waals surface area contributed by atoms with Crippen LogP contribution < -0.4 is 21.4 Å². The number of allylic oxidation sites excluding steroid dienone is 5. The van der Waals surface area contributed by atoms with Crippen LogP contribution in [0.15, 0.2) is 66.3 Å². The number of phenolic OH excluding ortho intramolecular Hbond substituents is 1. The molecule has 3 aliphatic rings. The van der Waals surface area contributed by atoms with E-state index in [1.54, 1.807) is 65.0 Å². The summed E-state index contributed by atoms with van der Waals surface area (Å²) in [6, 6.07) is 1.56. The summed E-state index contributed by atoms with van der Waals surface area (Å²) >= 11 is 0. The molecule has 2 saturated heterocycles. The fourth-order valence-corrected chi connectivity index (χ4v) is 10.8. The van der Waals surface area contributed by atoms with Crippen LogP contribution in [0.1, 0.15) is 151 Å². The molecule has 0 saturated carbocycles. The maximum Gasteiger partial charge on any atom is 0.325 e. The Morgan fingerprint density at radius 1 is 0.937 bits per heavy atom. The van der Waals surface area contributed by atoms with Crippen molar-refractivity contribution in [3.8, 4) is 5.75 Å². The number of ketones is 1. The van der Waals surface area contributed by atoms with Crippen molar-refractivity contribution in [2.75, 3.05) is 6.54 Å². The zero-order chi connectivity index (χ0) is 58.9. The summed E-state index contributed by atoms with van der Waals surface area (Å²) in [6.45, 7) is 19.6. The van der Waals surface area contributed by atoms with Crippen molar-refractivity contribution in [2.45, 2.75) is 208 Å². The van der Waals surface area contributed by atoms with Gasteiger partial charge in [-0.2, -0.15) is 0 Å². The minimum Gasteiger partial charge on any atom is -0.508 e. The number of cyclic esters (lactones) is 1. The first-order valence-corrected chi connectivity index (χ1v) is 28.8. The molecule has 18 nitrogen and oxygen atoms in total. The number of hydrogen-bond acceptors (Lipinski definition) is 14. The van der Waals surface area contributed by atoms with Crippen LogP contribution in [0.25, 0.3) is 0 Å². The van der Waals surface area contributed by atoms with Crippen LogP contribution in [-0.4, -0.2) is 132 Å². The topological polar surface area (TPSA) is 284 Å². The summed E-state index contributed by atoms with van der Waals surface area (Å²) in [7, 11) is 0. The smallest absolute Gasteiger partial charge is 0.325 e. The average Bonchev–Trinajstić information content (AvgIpc) is 3.45. The van der Waals surface area contributed by atoms with E-state index in [1.165, 1.54) is 24.1 Å². The summed E-state index contributed by atoms with van der Waals surface area (Å²) in [5.41, 5.74) is 3.37. The van der Waals surface area contributed by atoms with Crippen LogP contribution in [0.4, 0.5) is 0 Å². The number of nitrogens with one attached hydrogen (secondary N) is 4. The number of carbonyl (C=O) groups is 6. The molecular formula is C61H95N5O13. The summed E-state index contributed by atoms with van der Waals surface area (Å²) in [5, 5.41) is 77.1. The third-order valence-electron chi connectivity index (χ3n) is 16.8. The van der Waals surface area contributed by atoms with E-state index in [0.717, 1.165) is 0 Å². The van der Waals surface area contributed by atoms with E-state index in [2.05, 4.69) is 21.4 Å². The number of amides is 4. The maximum atomic E-state index is 14.6. The van der Waals surface area contributed by atoms with Gasteiger partial charge in [-0.25, -0.2) is 5.43 Å². The van der Waals surface area contributed by atoms with Crippen molar-refractivity contribution in [3.63, 3.8) is 0 Å². The quantitative estimate of drug-likeness (QED) is 0.0588. The van der Waals surface area contributed by atoms with Crippen LogP contribution in [0, 0.1) is 54.3 Å². The number of ether oxygens (including phenoxy) is 1. The molecule has 11 unspecified atom stereocenters. The van der Waals surface area contributed by atoms with Crippen molar-refractivity contribution in [2.24, 2.45) is 47.3 Å². The highest BCUT2D eigenvalue weighted by atomic mass is 16.5. The molecule has 442 valence electrons. The van der Waals surface area contributed by atoms with E-state index in [1.807, 2.05) is 52.8 Å². The number of aliphatic hydroxyl groups is 5. The number of benzene rings is 1. The number of aryl methyl sites for hydroxylation is 1. The number of aliphatic hydroxyl groups excluding tert-OH is 4. The molecule has 0 aliphatic carbocycles. The number of Topliss-reactive ketones (excluding diaryl/α,β-unsaturated/α-hetero) is 1. The molecule has 2 bridgehead atoms. The van der Waals surface area contributed by atoms with Gasteiger partial charge in [-0.15, -0.1) is 0 Å². The number of phenols is 1. The van der Waals surface area contributed by atoms with Crippen LogP contribution >= 0.6 is 0 Å². The number of aromatic hydroxyl groups is 1. The van der Waals surface area contributed by atoms with E-state index < -0.39 is 102 Å². The predicted molar refractivity (Wildman–Crippen MR) is 302 cm³/mol.